The molecule has 0 aromatic carbocycles. The second-order valence-electron chi connectivity index (χ2n) is 4.94. The van der Waals surface area contributed by atoms with Crippen molar-refractivity contribution in [3.63, 3.8) is 0 Å². The van der Waals surface area contributed by atoms with E-state index in [4.69, 9.17) is 4.74 Å². The van der Waals surface area contributed by atoms with E-state index in [1.165, 1.54) is 25.7 Å². The molecule has 1 rings (SSSR count). The molecule has 3 nitrogen and oxygen atoms in total. The van der Waals surface area contributed by atoms with Gasteiger partial charge in [0.15, 0.2) is 0 Å². The van der Waals surface area contributed by atoms with E-state index in [0.717, 1.165) is 31.0 Å². The highest BCUT2D eigenvalue weighted by Crippen LogP contribution is 2.22. The van der Waals surface area contributed by atoms with Gasteiger partial charge in [-0.2, -0.15) is 0 Å². The van der Waals surface area contributed by atoms with Crippen LogP contribution in [-0.2, 0) is 0 Å². The molecule has 0 fully saturated rings. The molecule has 0 amide bonds. The molecule has 1 atom stereocenters. The van der Waals surface area contributed by atoms with Crippen molar-refractivity contribution in [2.75, 3.05) is 13.2 Å². The molecule has 0 spiro atoms. The lowest BCUT2D eigenvalue weighted by molar-refractivity contribution is 0.287. The van der Waals surface area contributed by atoms with Gasteiger partial charge in [0.05, 0.1) is 6.61 Å². The normalized spacial score (nSPS) is 12.4. The van der Waals surface area contributed by atoms with Gasteiger partial charge in [-0.3, -0.25) is 0 Å². The van der Waals surface area contributed by atoms with Crippen LogP contribution >= 0.6 is 0 Å². The van der Waals surface area contributed by atoms with E-state index in [2.05, 4.69) is 37.1 Å². The minimum Gasteiger partial charge on any atom is -0.477 e. The zero-order valence-corrected chi connectivity index (χ0v) is 12.6. The Morgan fingerprint density at radius 1 is 1.21 bits per heavy atom. The van der Waals surface area contributed by atoms with E-state index in [1.807, 2.05) is 6.07 Å². The van der Waals surface area contributed by atoms with Crippen molar-refractivity contribution in [2.24, 2.45) is 0 Å². The van der Waals surface area contributed by atoms with Gasteiger partial charge in [0.25, 0.3) is 0 Å². The van der Waals surface area contributed by atoms with Crippen molar-refractivity contribution in [1.82, 2.24) is 10.3 Å². The highest BCUT2D eigenvalue weighted by Gasteiger charge is 2.11. The molecule has 1 aromatic rings. The highest BCUT2D eigenvalue weighted by atomic mass is 16.5. The number of aromatic nitrogens is 1. The van der Waals surface area contributed by atoms with Gasteiger partial charge in [0.1, 0.15) is 0 Å². The third-order valence-electron chi connectivity index (χ3n) is 3.26. The average molecular weight is 264 g/mol. The van der Waals surface area contributed by atoms with E-state index >= 15 is 0 Å². The van der Waals surface area contributed by atoms with Crippen molar-refractivity contribution >= 4 is 0 Å². The molecular weight excluding hydrogens is 236 g/mol. The van der Waals surface area contributed by atoms with Crippen LogP contribution in [0, 0.1) is 0 Å². The van der Waals surface area contributed by atoms with Crippen molar-refractivity contribution in [3.05, 3.63) is 23.9 Å². The molecule has 0 radical (unpaired) electrons. The molecule has 108 valence electrons. The molecule has 0 aliphatic heterocycles. The lowest BCUT2D eigenvalue weighted by atomic mass is 10.1. The Kier molecular flexibility index (Phi) is 8.23. The fourth-order valence-electron chi connectivity index (χ4n) is 2.14. The Bertz CT molecular complexity index is 341. The number of hydrogen-bond acceptors (Lipinski definition) is 3. The van der Waals surface area contributed by atoms with Gasteiger partial charge in [0.2, 0.25) is 5.88 Å². The molecule has 3 heteroatoms. The van der Waals surface area contributed by atoms with Gasteiger partial charge in [-0.1, -0.05) is 45.6 Å². The Morgan fingerprint density at radius 2 is 2.00 bits per heavy atom. The van der Waals surface area contributed by atoms with Gasteiger partial charge in [0, 0.05) is 17.8 Å². The number of nitrogens with zero attached hydrogens (tertiary/aromatic N) is 1. The summed E-state index contributed by atoms with van der Waals surface area (Å²) in [5, 5.41) is 3.40. The second-order valence-corrected chi connectivity index (χ2v) is 4.94. The maximum Gasteiger partial charge on any atom is 0.218 e. The highest BCUT2D eigenvalue weighted by molar-refractivity contribution is 5.28. The molecule has 1 unspecified atom stereocenters. The minimum atomic E-state index is 0.286. The quantitative estimate of drug-likeness (QED) is 0.646. The standard InChI is InChI=1S/C16H28N2O/c1-4-6-7-8-9-13-19-16-15(11-10-12-18-16)14(3)17-5-2/h10-12,14,17H,4-9,13H2,1-3H3. The molecule has 0 bridgehead atoms. The monoisotopic (exact) mass is 264 g/mol. The van der Waals surface area contributed by atoms with Crippen molar-refractivity contribution in [1.29, 1.82) is 0 Å². The van der Waals surface area contributed by atoms with E-state index in [1.54, 1.807) is 6.20 Å². The first-order valence-corrected chi connectivity index (χ1v) is 7.60. The summed E-state index contributed by atoms with van der Waals surface area (Å²) in [6, 6.07) is 4.35. The van der Waals surface area contributed by atoms with Crippen LogP contribution in [0.4, 0.5) is 0 Å². The fourth-order valence-corrected chi connectivity index (χ4v) is 2.14. The van der Waals surface area contributed by atoms with E-state index in [0.29, 0.717) is 0 Å². The van der Waals surface area contributed by atoms with Crippen LogP contribution in [0.5, 0.6) is 5.88 Å². The molecule has 0 aliphatic rings. The molecule has 1 aromatic heterocycles. The Morgan fingerprint density at radius 3 is 2.74 bits per heavy atom. The van der Waals surface area contributed by atoms with Crippen LogP contribution < -0.4 is 10.1 Å². The van der Waals surface area contributed by atoms with Crippen LogP contribution in [0.3, 0.4) is 0 Å². The predicted octanol–water partition coefficient (Wildman–Crippen LogP) is 4.10. The fraction of sp³-hybridized carbons (Fsp3) is 0.688. The summed E-state index contributed by atoms with van der Waals surface area (Å²) in [7, 11) is 0. The summed E-state index contributed by atoms with van der Waals surface area (Å²) in [5.74, 6) is 0.784. The van der Waals surface area contributed by atoms with Gasteiger partial charge in [-0.25, -0.2) is 4.98 Å². The summed E-state index contributed by atoms with van der Waals surface area (Å²) in [4.78, 5) is 4.35. The Balaban J connectivity index is 2.40. The third kappa shape index (κ3) is 6.06. The predicted molar refractivity (Wildman–Crippen MR) is 80.6 cm³/mol. The molecular formula is C16H28N2O. The molecule has 0 saturated carbocycles. The van der Waals surface area contributed by atoms with E-state index in [-0.39, 0.29) is 6.04 Å². The average Bonchev–Trinajstić information content (AvgIpc) is 2.43. The summed E-state index contributed by atoms with van der Waals surface area (Å²) >= 11 is 0. The summed E-state index contributed by atoms with van der Waals surface area (Å²) in [6.45, 7) is 8.22. The first kappa shape index (κ1) is 16.0. The zero-order chi connectivity index (χ0) is 13.9. The van der Waals surface area contributed by atoms with Gasteiger partial charge >= 0.3 is 0 Å². The van der Waals surface area contributed by atoms with Crippen molar-refractivity contribution in [2.45, 2.75) is 58.9 Å². The van der Waals surface area contributed by atoms with Gasteiger partial charge in [-0.05, 0) is 26.0 Å². The second kappa shape index (κ2) is 9.79. The number of ether oxygens (including phenoxy) is 1. The van der Waals surface area contributed by atoms with E-state index in [9.17, 15) is 0 Å². The molecule has 19 heavy (non-hydrogen) atoms. The van der Waals surface area contributed by atoms with Crippen LogP contribution in [0.2, 0.25) is 0 Å². The number of pyridine rings is 1. The Labute approximate surface area is 117 Å². The summed E-state index contributed by atoms with van der Waals surface area (Å²) in [6.07, 6.45) is 8.08. The van der Waals surface area contributed by atoms with E-state index < -0.39 is 0 Å². The van der Waals surface area contributed by atoms with Crippen LogP contribution in [0.1, 0.15) is 64.5 Å². The smallest absolute Gasteiger partial charge is 0.218 e. The molecule has 1 N–H and O–H groups in total. The van der Waals surface area contributed by atoms with Gasteiger partial charge < -0.3 is 10.1 Å². The minimum absolute atomic E-state index is 0.286. The zero-order valence-electron chi connectivity index (χ0n) is 12.6. The Hall–Kier alpha value is -1.09. The number of hydrogen-bond donors (Lipinski definition) is 1. The largest absolute Gasteiger partial charge is 0.477 e. The SMILES string of the molecule is CCCCCCCOc1ncccc1C(C)NCC. The van der Waals surface area contributed by atoms with Gasteiger partial charge in [-0.15, -0.1) is 0 Å². The van der Waals surface area contributed by atoms with Crippen LogP contribution in [-0.4, -0.2) is 18.1 Å². The first-order valence-electron chi connectivity index (χ1n) is 7.60. The maximum atomic E-state index is 5.83. The first-order chi connectivity index (χ1) is 9.29. The van der Waals surface area contributed by atoms with Crippen molar-refractivity contribution in [3.8, 4) is 5.88 Å². The molecule has 0 aliphatic carbocycles. The number of rotatable bonds is 10. The van der Waals surface area contributed by atoms with Crippen molar-refractivity contribution < 1.29 is 4.74 Å². The summed E-state index contributed by atoms with van der Waals surface area (Å²) < 4.78 is 5.83. The number of nitrogens with one attached hydrogen (secondary N) is 1. The topological polar surface area (TPSA) is 34.1 Å². The number of unbranched alkanes of at least 4 members (excludes halogenated alkanes) is 4. The molecule has 1 heterocycles. The summed E-state index contributed by atoms with van der Waals surface area (Å²) in [5.41, 5.74) is 1.15. The maximum absolute atomic E-state index is 5.83. The lowest BCUT2D eigenvalue weighted by Crippen LogP contribution is -2.19. The lowest BCUT2D eigenvalue weighted by Gasteiger charge is -2.16. The molecule has 0 saturated heterocycles. The van der Waals surface area contributed by atoms with Crippen LogP contribution in [0.15, 0.2) is 18.3 Å². The van der Waals surface area contributed by atoms with Crippen LogP contribution in [0.25, 0.3) is 0 Å². The third-order valence-corrected chi connectivity index (χ3v) is 3.26.